The van der Waals surface area contributed by atoms with Gasteiger partial charge in [0.2, 0.25) is 0 Å². The highest BCUT2D eigenvalue weighted by Crippen LogP contribution is 2.16. The number of carbonyl (C=O) groups is 1. The molecular formula is C13H12FNO2S. The Morgan fingerprint density at radius 1 is 1.44 bits per heavy atom. The standard InChI is InChI=1S/C13H12FNO2S/c1-15(7-9-4-5-17-8-9)13(16)11-6-10(18)2-3-12(11)14/h2-6,8,18H,7H2,1H3. The van der Waals surface area contributed by atoms with Gasteiger partial charge in [0.25, 0.3) is 5.91 Å². The number of carbonyl (C=O) groups excluding carboxylic acids is 1. The van der Waals surface area contributed by atoms with E-state index in [1.165, 1.54) is 29.4 Å². The highest BCUT2D eigenvalue weighted by Gasteiger charge is 2.16. The lowest BCUT2D eigenvalue weighted by Gasteiger charge is -2.16. The molecule has 1 amide bonds. The van der Waals surface area contributed by atoms with Crippen molar-refractivity contribution in [3.63, 3.8) is 0 Å². The van der Waals surface area contributed by atoms with Gasteiger partial charge in [-0.15, -0.1) is 12.6 Å². The fraction of sp³-hybridized carbons (Fsp3) is 0.154. The number of furan rings is 1. The van der Waals surface area contributed by atoms with Crippen LogP contribution in [-0.4, -0.2) is 17.9 Å². The molecule has 1 aromatic heterocycles. The van der Waals surface area contributed by atoms with E-state index in [1.54, 1.807) is 19.4 Å². The lowest BCUT2D eigenvalue weighted by Crippen LogP contribution is -2.26. The lowest BCUT2D eigenvalue weighted by atomic mass is 10.2. The first-order valence-electron chi connectivity index (χ1n) is 5.33. The van der Waals surface area contributed by atoms with Gasteiger partial charge in [-0.05, 0) is 24.3 Å². The summed E-state index contributed by atoms with van der Waals surface area (Å²) >= 11 is 4.10. The van der Waals surface area contributed by atoms with Crippen LogP contribution in [0.5, 0.6) is 0 Å². The Morgan fingerprint density at radius 2 is 2.22 bits per heavy atom. The summed E-state index contributed by atoms with van der Waals surface area (Å²) in [7, 11) is 1.61. The maximum atomic E-state index is 13.6. The van der Waals surface area contributed by atoms with Crippen molar-refractivity contribution >= 4 is 18.5 Å². The fourth-order valence-corrected chi connectivity index (χ4v) is 1.81. The number of nitrogens with zero attached hydrogens (tertiary/aromatic N) is 1. The van der Waals surface area contributed by atoms with E-state index >= 15 is 0 Å². The third kappa shape index (κ3) is 2.73. The van der Waals surface area contributed by atoms with Crippen molar-refractivity contribution in [2.24, 2.45) is 0 Å². The zero-order valence-corrected chi connectivity index (χ0v) is 10.7. The van der Waals surface area contributed by atoms with Crippen LogP contribution >= 0.6 is 12.6 Å². The largest absolute Gasteiger partial charge is 0.472 e. The van der Waals surface area contributed by atoms with Crippen LogP contribution in [0.1, 0.15) is 15.9 Å². The quantitative estimate of drug-likeness (QED) is 0.866. The van der Waals surface area contributed by atoms with Gasteiger partial charge >= 0.3 is 0 Å². The minimum atomic E-state index is -0.545. The van der Waals surface area contributed by atoms with Crippen molar-refractivity contribution in [1.29, 1.82) is 0 Å². The van der Waals surface area contributed by atoms with Gasteiger partial charge in [-0.1, -0.05) is 0 Å². The predicted octanol–water partition coefficient (Wildman–Crippen LogP) is 2.98. The molecule has 5 heteroatoms. The van der Waals surface area contributed by atoms with Crippen molar-refractivity contribution in [2.45, 2.75) is 11.4 Å². The highest BCUT2D eigenvalue weighted by atomic mass is 32.1. The third-order valence-corrected chi connectivity index (χ3v) is 2.81. The molecule has 0 saturated carbocycles. The zero-order valence-electron chi connectivity index (χ0n) is 9.76. The number of thiol groups is 1. The molecule has 0 bridgehead atoms. The molecule has 0 fully saturated rings. The molecule has 0 atom stereocenters. The Kier molecular flexibility index (Phi) is 3.72. The summed E-state index contributed by atoms with van der Waals surface area (Å²) in [5.74, 6) is -0.929. The van der Waals surface area contributed by atoms with Crippen molar-refractivity contribution in [3.8, 4) is 0 Å². The molecule has 2 aromatic rings. The average Bonchev–Trinajstić information content (AvgIpc) is 2.84. The molecule has 0 unspecified atom stereocenters. The van der Waals surface area contributed by atoms with Crippen molar-refractivity contribution in [2.75, 3.05) is 7.05 Å². The van der Waals surface area contributed by atoms with E-state index in [-0.39, 0.29) is 11.5 Å². The Balaban J connectivity index is 2.17. The van der Waals surface area contributed by atoms with E-state index < -0.39 is 5.82 Å². The van der Waals surface area contributed by atoms with E-state index in [2.05, 4.69) is 12.6 Å². The van der Waals surface area contributed by atoms with Gasteiger partial charge in [0.1, 0.15) is 5.82 Å². The number of amides is 1. The molecule has 0 aliphatic carbocycles. The summed E-state index contributed by atoms with van der Waals surface area (Å²) in [6.07, 6.45) is 3.08. The van der Waals surface area contributed by atoms with Crippen LogP contribution < -0.4 is 0 Å². The molecule has 1 aromatic carbocycles. The normalized spacial score (nSPS) is 10.4. The molecule has 0 saturated heterocycles. The van der Waals surface area contributed by atoms with Gasteiger partial charge in [-0.2, -0.15) is 0 Å². The minimum Gasteiger partial charge on any atom is -0.472 e. The van der Waals surface area contributed by atoms with Crippen LogP contribution in [0.25, 0.3) is 0 Å². The summed E-state index contributed by atoms with van der Waals surface area (Å²) in [5, 5.41) is 0. The van der Waals surface area contributed by atoms with E-state index in [4.69, 9.17) is 4.42 Å². The van der Waals surface area contributed by atoms with Crippen molar-refractivity contribution in [1.82, 2.24) is 4.90 Å². The number of rotatable bonds is 3. The van der Waals surface area contributed by atoms with Crippen molar-refractivity contribution < 1.29 is 13.6 Å². The molecular weight excluding hydrogens is 253 g/mol. The smallest absolute Gasteiger partial charge is 0.256 e. The van der Waals surface area contributed by atoms with E-state index in [1.807, 2.05) is 0 Å². The summed E-state index contributed by atoms with van der Waals surface area (Å²) in [6.45, 7) is 0.367. The van der Waals surface area contributed by atoms with Gasteiger partial charge in [-0.3, -0.25) is 4.79 Å². The molecule has 0 radical (unpaired) electrons. The van der Waals surface area contributed by atoms with Gasteiger partial charge in [0.15, 0.2) is 0 Å². The molecule has 18 heavy (non-hydrogen) atoms. The Hall–Kier alpha value is -1.75. The van der Waals surface area contributed by atoms with Crippen molar-refractivity contribution in [3.05, 3.63) is 53.7 Å². The Bertz CT molecular complexity index is 554. The van der Waals surface area contributed by atoms with Crippen LogP contribution in [0.3, 0.4) is 0 Å². The second kappa shape index (κ2) is 5.27. The molecule has 2 rings (SSSR count). The molecule has 0 aliphatic heterocycles. The highest BCUT2D eigenvalue weighted by molar-refractivity contribution is 7.80. The molecule has 1 heterocycles. The Morgan fingerprint density at radius 3 is 2.89 bits per heavy atom. The van der Waals surface area contributed by atoms with Gasteiger partial charge < -0.3 is 9.32 Å². The van der Waals surface area contributed by atoms with E-state index in [9.17, 15) is 9.18 Å². The van der Waals surface area contributed by atoms with Crippen LogP contribution in [0.2, 0.25) is 0 Å². The first-order valence-corrected chi connectivity index (χ1v) is 5.77. The number of halogens is 1. The maximum absolute atomic E-state index is 13.6. The van der Waals surface area contributed by atoms with E-state index in [0.717, 1.165) is 5.56 Å². The maximum Gasteiger partial charge on any atom is 0.256 e. The third-order valence-electron chi connectivity index (χ3n) is 2.53. The summed E-state index contributed by atoms with van der Waals surface area (Å²) in [4.78, 5) is 14.0. The second-order valence-electron chi connectivity index (χ2n) is 3.96. The lowest BCUT2D eigenvalue weighted by molar-refractivity contribution is 0.0780. The molecule has 3 nitrogen and oxygen atoms in total. The summed E-state index contributed by atoms with van der Waals surface area (Å²) in [5.41, 5.74) is 0.877. The fourth-order valence-electron chi connectivity index (χ4n) is 1.61. The Labute approximate surface area is 110 Å². The molecule has 0 N–H and O–H groups in total. The summed E-state index contributed by atoms with van der Waals surface area (Å²) in [6, 6.07) is 5.92. The summed E-state index contributed by atoms with van der Waals surface area (Å²) < 4.78 is 18.5. The first kappa shape index (κ1) is 12.7. The minimum absolute atomic E-state index is 0.0218. The molecule has 94 valence electrons. The topological polar surface area (TPSA) is 33.5 Å². The van der Waals surface area contributed by atoms with Crippen LogP contribution in [0.15, 0.2) is 46.1 Å². The van der Waals surface area contributed by atoms with Gasteiger partial charge in [0, 0.05) is 24.1 Å². The zero-order chi connectivity index (χ0) is 13.1. The first-order chi connectivity index (χ1) is 8.58. The SMILES string of the molecule is CN(Cc1ccoc1)C(=O)c1cc(S)ccc1F. The molecule has 0 aliphatic rings. The van der Waals surface area contributed by atoms with Crippen LogP contribution in [-0.2, 0) is 6.54 Å². The number of benzene rings is 1. The predicted molar refractivity (Wildman–Crippen MR) is 68.2 cm³/mol. The average molecular weight is 265 g/mol. The van der Waals surface area contributed by atoms with Gasteiger partial charge in [0.05, 0.1) is 18.1 Å². The number of hydrogen-bond donors (Lipinski definition) is 1. The van der Waals surface area contributed by atoms with Crippen LogP contribution in [0.4, 0.5) is 4.39 Å². The number of hydrogen-bond acceptors (Lipinski definition) is 3. The molecule has 0 spiro atoms. The monoisotopic (exact) mass is 265 g/mol. The van der Waals surface area contributed by atoms with E-state index in [0.29, 0.717) is 11.4 Å². The second-order valence-corrected chi connectivity index (χ2v) is 4.47. The van der Waals surface area contributed by atoms with Gasteiger partial charge in [-0.25, -0.2) is 4.39 Å². The van der Waals surface area contributed by atoms with Crippen LogP contribution in [0, 0.1) is 5.82 Å².